The fourth-order valence-corrected chi connectivity index (χ4v) is 4.49. The van der Waals surface area contributed by atoms with E-state index < -0.39 is 0 Å². The highest BCUT2D eigenvalue weighted by atomic mass is 32.1. The normalized spacial score (nSPS) is 12.6. The highest BCUT2D eigenvalue weighted by Crippen LogP contribution is 2.34. The molecule has 8 nitrogen and oxygen atoms in total. The second-order valence-corrected chi connectivity index (χ2v) is 8.56. The Morgan fingerprint density at radius 3 is 2.60 bits per heavy atom. The van der Waals surface area contributed by atoms with Gasteiger partial charge in [-0.3, -0.25) is 4.79 Å². The Kier molecular flexibility index (Phi) is 6.49. The standard InChI is InChI=1S/C26H23N3O5S/c1-3-32-19-7-4-17(5-8-19)16-27-29(26-28-21-10-9-20(31-2)15-24(21)35-26)25(30)18-6-11-22-23(14-18)34-13-12-33-22/h4-11,14-16H,3,12-13H2,1-2H3/b27-16+. The number of carbonyl (C=O) groups excluding carboxylic acids is 1. The van der Waals surface area contributed by atoms with Crippen LogP contribution in [-0.2, 0) is 0 Å². The Bertz CT molecular complexity index is 1380. The van der Waals surface area contributed by atoms with Crippen molar-refractivity contribution in [3.05, 3.63) is 71.8 Å². The fourth-order valence-electron chi connectivity index (χ4n) is 3.54. The Morgan fingerprint density at radius 1 is 1.06 bits per heavy atom. The van der Waals surface area contributed by atoms with Crippen LogP contribution in [-0.4, -0.2) is 44.0 Å². The molecule has 1 aliphatic rings. The summed E-state index contributed by atoms with van der Waals surface area (Å²) in [5.74, 6) is 2.30. The molecule has 0 bridgehead atoms. The summed E-state index contributed by atoms with van der Waals surface area (Å²) in [7, 11) is 1.61. The van der Waals surface area contributed by atoms with E-state index in [1.165, 1.54) is 16.3 Å². The van der Waals surface area contributed by atoms with Crippen molar-refractivity contribution in [3.63, 3.8) is 0 Å². The first-order chi connectivity index (χ1) is 17.1. The van der Waals surface area contributed by atoms with Gasteiger partial charge in [-0.05, 0) is 73.2 Å². The minimum atomic E-state index is -0.338. The zero-order valence-corrected chi connectivity index (χ0v) is 20.1. The highest BCUT2D eigenvalue weighted by Gasteiger charge is 2.23. The molecule has 1 amide bonds. The molecule has 0 radical (unpaired) electrons. The van der Waals surface area contributed by atoms with E-state index in [-0.39, 0.29) is 5.91 Å². The maximum Gasteiger partial charge on any atom is 0.280 e. The first kappa shape index (κ1) is 22.7. The van der Waals surface area contributed by atoms with E-state index in [9.17, 15) is 4.79 Å². The van der Waals surface area contributed by atoms with Crippen LogP contribution in [0.15, 0.2) is 65.8 Å². The molecule has 5 rings (SSSR count). The van der Waals surface area contributed by atoms with E-state index in [0.29, 0.717) is 42.0 Å². The Labute approximate surface area is 206 Å². The van der Waals surface area contributed by atoms with Crippen LogP contribution in [0.2, 0.25) is 0 Å². The summed E-state index contributed by atoms with van der Waals surface area (Å²) >= 11 is 1.36. The molecule has 0 N–H and O–H groups in total. The molecule has 35 heavy (non-hydrogen) atoms. The smallest absolute Gasteiger partial charge is 0.280 e. The van der Waals surface area contributed by atoms with Crippen LogP contribution in [0.25, 0.3) is 10.2 Å². The van der Waals surface area contributed by atoms with E-state index in [0.717, 1.165) is 27.3 Å². The molecule has 0 saturated carbocycles. The number of amides is 1. The van der Waals surface area contributed by atoms with Gasteiger partial charge in [0.05, 0.1) is 30.1 Å². The van der Waals surface area contributed by atoms with Gasteiger partial charge in [0.25, 0.3) is 5.91 Å². The monoisotopic (exact) mass is 489 g/mol. The van der Waals surface area contributed by atoms with E-state index in [1.54, 1.807) is 31.5 Å². The molecule has 9 heteroatoms. The predicted molar refractivity (Wildman–Crippen MR) is 136 cm³/mol. The molecule has 0 atom stereocenters. The summed E-state index contributed by atoms with van der Waals surface area (Å²) in [4.78, 5) is 18.3. The number of fused-ring (bicyclic) bond motifs is 2. The summed E-state index contributed by atoms with van der Waals surface area (Å²) in [6.07, 6.45) is 1.62. The third kappa shape index (κ3) is 4.90. The minimum absolute atomic E-state index is 0.338. The number of hydrazone groups is 1. The van der Waals surface area contributed by atoms with Crippen molar-refractivity contribution < 1.29 is 23.7 Å². The van der Waals surface area contributed by atoms with E-state index in [2.05, 4.69) is 10.1 Å². The third-order valence-corrected chi connectivity index (χ3v) is 6.25. The van der Waals surface area contributed by atoms with Gasteiger partial charge in [-0.2, -0.15) is 10.1 Å². The van der Waals surface area contributed by atoms with Crippen LogP contribution < -0.4 is 24.0 Å². The number of carbonyl (C=O) groups is 1. The number of hydrogen-bond donors (Lipinski definition) is 0. The SMILES string of the molecule is CCOc1ccc(/C=N/N(C(=O)c2ccc3c(c2)OCCO3)c2nc3ccc(OC)cc3s2)cc1. The van der Waals surface area contributed by atoms with Crippen LogP contribution >= 0.6 is 11.3 Å². The lowest BCUT2D eigenvalue weighted by molar-refractivity contribution is 0.0986. The van der Waals surface area contributed by atoms with Crippen molar-refractivity contribution in [1.29, 1.82) is 0 Å². The lowest BCUT2D eigenvalue weighted by Crippen LogP contribution is -2.26. The maximum absolute atomic E-state index is 13.6. The number of nitrogens with zero attached hydrogens (tertiary/aromatic N) is 3. The number of anilines is 1. The van der Waals surface area contributed by atoms with Gasteiger partial charge < -0.3 is 18.9 Å². The van der Waals surface area contributed by atoms with E-state index in [4.69, 9.17) is 18.9 Å². The van der Waals surface area contributed by atoms with Gasteiger partial charge in [0, 0.05) is 5.56 Å². The molecule has 0 aliphatic carbocycles. The average molecular weight is 490 g/mol. The molecular formula is C26H23N3O5S. The number of aromatic nitrogens is 1. The van der Waals surface area contributed by atoms with Crippen molar-refractivity contribution in [3.8, 4) is 23.0 Å². The van der Waals surface area contributed by atoms with Crippen molar-refractivity contribution in [2.24, 2.45) is 5.10 Å². The number of hydrogen-bond acceptors (Lipinski definition) is 8. The number of rotatable bonds is 7. The molecule has 0 unspecified atom stereocenters. The Balaban J connectivity index is 1.51. The largest absolute Gasteiger partial charge is 0.497 e. The Morgan fingerprint density at radius 2 is 1.83 bits per heavy atom. The molecule has 178 valence electrons. The number of benzene rings is 3. The van der Waals surface area contributed by atoms with Crippen molar-refractivity contribution in [1.82, 2.24) is 4.98 Å². The molecule has 1 aromatic heterocycles. The number of ether oxygens (including phenoxy) is 4. The summed E-state index contributed by atoms with van der Waals surface area (Å²) in [5.41, 5.74) is 1.98. The number of thiazole rings is 1. The topological polar surface area (TPSA) is 82.5 Å². The lowest BCUT2D eigenvalue weighted by Gasteiger charge is -2.20. The zero-order valence-electron chi connectivity index (χ0n) is 19.3. The quantitative estimate of drug-likeness (QED) is 0.264. The molecule has 4 aromatic rings. The summed E-state index contributed by atoms with van der Waals surface area (Å²) in [6, 6.07) is 18.2. The van der Waals surface area contributed by atoms with E-state index in [1.807, 2.05) is 49.4 Å². The molecule has 2 heterocycles. The fraction of sp³-hybridized carbons (Fsp3) is 0.192. The predicted octanol–water partition coefficient (Wildman–Crippen LogP) is 5.16. The van der Waals surface area contributed by atoms with Gasteiger partial charge in [-0.15, -0.1) is 0 Å². The van der Waals surface area contributed by atoms with Crippen LogP contribution in [0.4, 0.5) is 5.13 Å². The summed E-state index contributed by atoms with van der Waals surface area (Å²) < 4.78 is 23.0. The molecule has 0 saturated heterocycles. The van der Waals surface area contributed by atoms with Crippen molar-refractivity contribution in [2.75, 3.05) is 31.9 Å². The van der Waals surface area contributed by atoms with Gasteiger partial charge in [-0.1, -0.05) is 11.3 Å². The lowest BCUT2D eigenvalue weighted by atomic mass is 10.2. The third-order valence-electron chi connectivity index (χ3n) is 5.26. The van der Waals surface area contributed by atoms with Crippen LogP contribution in [0, 0.1) is 0 Å². The van der Waals surface area contributed by atoms with Gasteiger partial charge in [-0.25, -0.2) is 4.98 Å². The summed E-state index contributed by atoms with van der Waals surface area (Å²) in [6.45, 7) is 3.44. The summed E-state index contributed by atoms with van der Waals surface area (Å²) in [5, 5.41) is 6.27. The molecule has 0 fully saturated rings. The zero-order chi connectivity index (χ0) is 24.2. The van der Waals surface area contributed by atoms with Gasteiger partial charge in [0.2, 0.25) is 5.13 Å². The van der Waals surface area contributed by atoms with Gasteiger partial charge >= 0.3 is 0 Å². The number of methoxy groups -OCH3 is 1. The molecule has 1 aliphatic heterocycles. The minimum Gasteiger partial charge on any atom is -0.497 e. The highest BCUT2D eigenvalue weighted by molar-refractivity contribution is 7.22. The van der Waals surface area contributed by atoms with Crippen LogP contribution in [0.3, 0.4) is 0 Å². The van der Waals surface area contributed by atoms with Crippen LogP contribution in [0.1, 0.15) is 22.8 Å². The van der Waals surface area contributed by atoms with Gasteiger partial charge in [0.15, 0.2) is 11.5 Å². The van der Waals surface area contributed by atoms with Gasteiger partial charge in [0.1, 0.15) is 24.7 Å². The second-order valence-electron chi connectivity index (χ2n) is 7.55. The van der Waals surface area contributed by atoms with Crippen molar-refractivity contribution in [2.45, 2.75) is 6.92 Å². The average Bonchev–Trinajstić information content (AvgIpc) is 3.32. The molecule has 0 spiro atoms. The van der Waals surface area contributed by atoms with Crippen LogP contribution in [0.5, 0.6) is 23.0 Å². The maximum atomic E-state index is 13.6. The molecule has 3 aromatic carbocycles. The Hall–Kier alpha value is -4.11. The first-order valence-electron chi connectivity index (χ1n) is 11.1. The molecular weight excluding hydrogens is 466 g/mol. The van der Waals surface area contributed by atoms with E-state index >= 15 is 0 Å². The second kappa shape index (κ2) is 10.0. The van der Waals surface area contributed by atoms with Crippen molar-refractivity contribution >= 4 is 38.8 Å². The first-order valence-corrected chi connectivity index (χ1v) is 11.9.